The number of rotatable bonds is 4. The van der Waals surface area contributed by atoms with Crippen molar-refractivity contribution in [2.45, 2.75) is 12.4 Å². The number of halogens is 1. The maximum absolute atomic E-state index is 5.78. The van der Waals surface area contributed by atoms with Gasteiger partial charge in [-0.15, -0.1) is 11.6 Å². The van der Waals surface area contributed by atoms with Crippen LogP contribution in [0.15, 0.2) is 41.1 Å². The molecule has 0 aromatic carbocycles. The summed E-state index contributed by atoms with van der Waals surface area (Å²) >= 11 is 5.78. The smallest absolute Gasteiger partial charge is 0.128 e. The van der Waals surface area contributed by atoms with Crippen LogP contribution in [0.2, 0.25) is 0 Å². The van der Waals surface area contributed by atoms with Crippen LogP contribution in [0.4, 0.5) is 5.82 Å². The summed E-state index contributed by atoms with van der Waals surface area (Å²) in [6, 6.07) is 7.72. The Balaban J connectivity index is 2.11. The molecule has 0 unspecified atom stereocenters. The van der Waals surface area contributed by atoms with Crippen molar-refractivity contribution >= 4 is 17.4 Å². The maximum Gasteiger partial charge on any atom is 0.128 e. The molecule has 0 radical (unpaired) electrons. The van der Waals surface area contributed by atoms with Crippen LogP contribution in [0.25, 0.3) is 0 Å². The first-order valence-corrected chi connectivity index (χ1v) is 5.57. The van der Waals surface area contributed by atoms with Gasteiger partial charge in [0, 0.05) is 19.1 Å². The minimum atomic E-state index is 0.504. The number of alkyl halides is 1. The molecule has 84 valence electrons. The zero-order chi connectivity index (χ0) is 11.4. The SMILES string of the molecule is CN(Cc1ccco1)c1cc(CCl)ccn1. The Kier molecular flexibility index (Phi) is 3.47. The molecular formula is C12H13ClN2O. The normalized spacial score (nSPS) is 10.4. The molecule has 0 bridgehead atoms. The Labute approximate surface area is 99.7 Å². The lowest BCUT2D eigenvalue weighted by Gasteiger charge is -2.16. The molecule has 3 nitrogen and oxygen atoms in total. The molecule has 0 N–H and O–H groups in total. The zero-order valence-corrected chi connectivity index (χ0v) is 9.81. The first-order chi connectivity index (χ1) is 7.79. The fourth-order valence-corrected chi connectivity index (χ4v) is 1.64. The van der Waals surface area contributed by atoms with E-state index in [-0.39, 0.29) is 0 Å². The van der Waals surface area contributed by atoms with Crippen molar-refractivity contribution in [2.75, 3.05) is 11.9 Å². The minimum Gasteiger partial charge on any atom is -0.467 e. The van der Waals surface area contributed by atoms with Crippen LogP contribution in [0, 0.1) is 0 Å². The van der Waals surface area contributed by atoms with Crippen LogP contribution < -0.4 is 4.90 Å². The molecular weight excluding hydrogens is 224 g/mol. The highest BCUT2D eigenvalue weighted by molar-refractivity contribution is 6.17. The number of nitrogens with zero attached hydrogens (tertiary/aromatic N) is 2. The molecule has 2 aromatic rings. The molecule has 2 heterocycles. The van der Waals surface area contributed by atoms with Gasteiger partial charge in [-0.2, -0.15) is 0 Å². The largest absolute Gasteiger partial charge is 0.467 e. The summed E-state index contributed by atoms with van der Waals surface area (Å²) in [7, 11) is 1.98. The van der Waals surface area contributed by atoms with Gasteiger partial charge in [0.1, 0.15) is 11.6 Å². The van der Waals surface area contributed by atoms with E-state index in [0.29, 0.717) is 12.4 Å². The summed E-state index contributed by atoms with van der Waals surface area (Å²) < 4.78 is 5.29. The number of pyridine rings is 1. The van der Waals surface area contributed by atoms with Crippen LogP contribution in [0.3, 0.4) is 0 Å². The van der Waals surface area contributed by atoms with Crippen molar-refractivity contribution < 1.29 is 4.42 Å². The van der Waals surface area contributed by atoms with Gasteiger partial charge in [0.2, 0.25) is 0 Å². The van der Waals surface area contributed by atoms with Crippen LogP contribution in [0.1, 0.15) is 11.3 Å². The molecule has 0 atom stereocenters. The third kappa shape index (κ3) is 2.55. The highest BCUT2D eigenvalue weighted by Gasteiger charge is 2.05. The molecule has 4 heteroatoms. The Morgan fingerprint density at radius 1 is 1.44 bits per heavy atom. The second-order valence-corrected chi connectivity index (χ2v) is 3.86. The molecule has 0 saturated carbocycles. The molecule has 0 aliphatic heterocycles. The summed E-state index contributed by atoms with van der Waals surface area (Å²) in [4.78, 5) is 6.32. The Bertz CT molecular complexity index is 442. The average Bonchev–Trinajstić information content (AvgIpc) is 2.82. The van der Waals surface area contributed by atoms with Crippen LogP contribution in [-0.4, -0.2) is 12.0 Å². The molecule has 0 fully saturated rings. The molecule has 0 aliphatic carbocycles. The first kappa shape index (κ1) is 11.0. The van der Waals surface area contributed by atoms with Crippen molar-refractivity contribution in [1.29, 1.82) is 0 Å². The number of furan rings is 1. The van der Waals surface area contributed by atoms with E-state index in [4.69, 9.17) is 16.0 Å². The second-order valence-electron chi connectivity index (χ2n) is 3.59. The van der Waals surface area contributed by atoms with Gasteiger partial charge in [0.15, 0.2) is 0 Å². The quantitative estimate of drug-likeness (QED) is 0.765. The molecule has 2 rings (SSSR count). The van der Waals surface area contributed by atoms with Gasteiger partial charge in [-0.25, -0.2) is 4.98 Å². The van der Waals surface area contributed by atoms with Gasteiger partial charge in [0.05, 0.1) is 12.8 Å². The number of hydrogen-bond acceptors (Lipinski definition) is 3. The summed E-state index contributed by atoms with van der Waals surface area (Å²) in [6.07, 6.45) is 3.44. The van der Waals surface area contributed by atoms with Crippen molar-refractivity contribution in [3.05, 3.63) is 48.0 Å². The van der Waals surface area contributed by atoms with E-state index in [1.54, 1.807) is 12.5 Å². The van der Waals surface area contributed by atoms with Crippen LogP contribution in [-0.2, 0) is 12.4 Å². The van der Waals surface area contributed by atoms with E-state index in [1.165, 1.54) is 0 Å². The summed E-state index contributed by atoms with van der Waals surface area (Å²) in [5.74, 6) is 2.32. The van der Waals surface area contributed by atoms with Gasteiger partial charge in [-0.1, -0.05) is 0 Å². The number of hydrogen-bond donors (Lipinski definition) is 0. The molecule has 0 spiro atoms. The van der Waals surface area contributed by atoms with Crippen LogP contribution in [0.5, 0.6) is 0 Å². The number of anilines is 1. The number of aromatic nitrogens is 1. The third-order valence-electron chi connectivity index (χ3n) is 2.33. The van der Waals surface area contributed by atoms with Crippen molar-refractivity contribution in [2.24, 2.45) is 0 Å². The average molecular weight is 237 g/mol. The predicted octanol–water partition coefficient (Wildman–Crippen LogP) is 3.05. The first-order valence-electron chi connectivity index (χ1n) is 5.04. The molecule has 0 aliphatic rings. The van der Waals surface area contributed by atoms with Crippen molar-refractivity contribution in [3.8, 4) is 0 Å². The molecule has 0 amide bonds. The summed E-state index contributed by atoms with van der Waals surface area (Å²) in [6.45, 7) is 0.700. The topological polar surface area (TPSA) is 29.3 Å². The molecule has 0 saturated heterocycles. The van der Waals surface area contributed by atoms with Gasteiger partial charge in [-0.05, 0) is 29.8 Å². The highest BCUT2D eigenvalue weighted by atomic mass is 35.5. The summed E-state index contributed by atoms with van der Waals surface area (Å²) in [5.41, 5.74) is 1.07. The zero-order valence-electron chi connectivity index (χ0n) is 9.06. The van der Waals surface area contributed by atoms with E-state index in [2.05, 4.69) is 4.98 Å². The maximum atomic E-state index is 5.78. The molecule has 16 heavy (non-hydrogen) atoms. The lowest BCUT2D eigenvalue weighted by molar-refractivity contribution is 0.507. The van der Waals surface area contributed by atoms with E-state index in [9.17, 15) is 0 Å². The Morgan fingerprint density at radius 3 is 3.00 bits per heavy atom. The monoisotopic (exact) mass is 236 g/mol. The van der Waals surface area contributed by atoms with Crippen molar-refractivity contribution in [3.63, 3.8) is 0 Å². The van der Waals surface area contributed by atoms with E-state index in [1.807, 2.05) is 36.2 Å². The third-order valence-corrected chi connectivity index (χ3v) is 2.64. The highest BCUT2D eigenvalue weighted by Crippen LogP contribution is 2.15. The van der Waals surface area contributed by atoms with E-state index < -0.39 is 0 Å². The fourth-order valence-electron chi connectivity index (χ4n) is 1.47. The Morgan fingerprint density at radius 2 is 2.31 bits per heavy atom. The van der Waals surface area contributed by atoms with Crippen LogP contribution >= 0.6 is 11.6 Å². The predicted molar refractivity (Wildman–Crippen MR) is 64.6 cm³/mol. The second kappa shape index (κ2) is 5.03. The summed E-state index contributed by atoms with van der Waals surface area (Å²) in [5, 5.41) is 0. The van der Waals surface area contributed by atoms with Gasteiger partial charge < -0.3 is 9.32 Å². The van der Waals surface area contributed by atoms with Crippen molar-refractivity contribution in [1.82, 2.24) is 4.98 Å². The lowest BCUT2D eigenvalue weighted by atomic mass is 10.3. The minimum absolute atomic E-state index is 0.504. The van der Waals surface area contributed by atoms with E-state index in [0.717, 1.165) is 17.1 Å². The van der Waals surface area contributed by atoms with Gasteiger partial charge >= 0.3 is 0 Å². The fraction of sp³-hybridized carbons (Fsp3) is 0.250. The lowest BCUT2D eigenvalue weighted by Crippen LogP contribution is -2.17. The Hall–Kier alpha value is -1.48. The molecule has 2 aromatic heterocycles. The van der Waals surface area contributed by atoms with E-state index >= 15 is 0 Å². The van der Waals surface area contributed by atoms with Gasteiger partial charge in [-0.3, -0.25) is 0 Å². The standard InChI is InChI=1S/C12H13ClN2O/c1-15(9-11-3-2-6-16-11)12-7-10(8-13)4-5-14-12/h2-7H,8-9H2,1H3. The van der Waals surface area contributed by atoms with Gasteiger partial charge in [0.25, 0.3) is 0 Å².